The summed E-state index contributed by atoms with van der Waals surface area (Å²) in [5.74, 6) is -0.250. The lowest BCUT2D eigenvalue weighted by molar-refractivity contribution is -0.00000459. The molecule has 2 rings (SSSR count). The molecule has 0 aromatic heterocycles. The van der Waals surface area contributed by atoms with Gasteiger partial charge in [-0.2, -0.15) is 0 Å². The number of halogens is 4. The smallest absolute Gasteiger partial charge is 0.124 e. The first-order valence-electron chi connectivity index (χ1n) is 6.02. The molecule has 0 aliphatic heterocycles. The van der Waals surface area contributed by atoms with Gasteiger partial charge in [0.25, 0.3) is 0 Å². The van der Waals surface area contributed by atoms with Crippen LogP contribution >= 0.6 is 35.0 Å². The predicted octanol–water partition coefficient (Wildman–Crippen LogP) is 2.35. The number of benzene rings is 2. The summed E-state index contributed by atoms with van der Waals surface area (Å²) in [6.45, 7) is 0.744. The van der Waals surface area contributed by atoms with Crippen LogP contribution in [0.1, 0.15) is 5.56 Å². The molecule has 0 N–H and O–H groups in total. The van der Waals surface area contributed by atoms with Crippen molar-refractivity contribution >= 4 is 35.0 Å². The minimum absolute atomic E-state index is 0. The fraction of sp³-hybridized carbons (Fsp3) is 0.200. The highest BCUT2D eigenvalue weighted by Gasteiger charge is 2.10. The van der Waals surface area contributed by atoms with Crippen molar-refractivity contribution in [2.75, 3.05) is 14.1 Å². The minimum Gasteiger partial charge on any atom is -1.00 e. The number of hydrogen-bond acceptors (Lipinski definition) is 2. The van der Waals surface area contributed by atoms with Gasteiger partial charge in [0.05, 0.1) is 5.02 Å². The van der Waals surface area contributed by atoms with Crippen LogP contribution in [0.15, 0.2) is 46.2 Å². The fourth-order valence-corrected chi connectivity index (χ4v) is 3.26. The molecule has 6 heteroatoms. The number of rotatable bonds is 4. The zero-order chi connectivity index (χ0) is 14.7. The molecular weight excluding hydrogens is 352 g/mol. The summed E-state index contributed by atoms with van der Waals surface area (Å²) in [4.78, 5) is 3.77. The van der Waals surface area contributed by atoms with Crippen molar-refractivity contribution in [3.8, 4) is 0 Å². The van der Waals surface area contributed by atoms with E-state index >= 15 is 0 Å². The van der Waals surface area contributed by atoms with E-state index in [1.54, 1.807) is 12.1 Å². The van der Waals surface area contributed by atoms with E-state index in [-0.39, 0.29) is 18.2 Å². The van der Waals surface area contributed by atoms with Gasteiger partial charge in [-0.3, -0.25) is 0 Å². The zero-order valence-electron chi connectivity index (χ0n) is 11.5. The lowest BCUT2D eigenvalue weighted by Gasteiger charge is -2.14. The van der Waals surface area contributed by atoms with Gasteiger partial charge >= 0.3 is 0 Å². The van der Waals surface area contributed by atoms with Crippen LogP contribution < -0.4 is 12.4 Å². The summed E-state index contributed by atoms with van der Waals surface area (Å²) >= 11 is 13.5. The molecule has 2 aromatic carbocycles. The van der Waals surface area contributed by atoms with Gasteiger partial charge in [0, 0.05) is 21.4 Å². The third kappa shape index (κ3) is 5.35. The van der Waals surface area contributed by atoms with E-state index in [4.69, 9.17) is 23.2 Å². The molecule has 114 valence electrons. The molecule has 0 spiro atoms. The molecule has 21 heavy (non-hydrogen) atoms. The van der Waals surface area contributed by atoms with Crippen LogP contribution in [0.3, 0.4) is 0 Å². The lowest BCUT2D eigenvalue weighted by atomic mass is 10.2. The fourth-order valence-electron chi connectivity index (χ4n) is 1.77. The molecule has 0 heterocycles. The predicted molar refractivity (Wildman–Crippen MR) is 84.4 cm³/mol. The first kappa shape index (κ1) is 18.6. The Balaban J connectivity index is 0.00000220. The van der Waals surface area contributed by atoms with Crippen LogP contribution in [0.5, 0.6) is 0 Å². The lowest BCUT2D eigenvalue weighted by Crippen LogP contribution is -3.00. The molecule has 0 fully saturated rings. The molecule has 0 aliphatic carbocycles. The molecule has 0 amide bonds. The average molecular weight is 366 g/mol. The third-order valence-electron chi connectivity index (χ3n) is 2.63. The second kappa shape index (κ2) is 8.25. The number of hydrogen-bond donors (Lipinski definition) is 0. The molecule has 2 aromatic rings. The maximum absolute atomic E-state index is 13.5. The highest BCUT2D eigenvalue weighted by atomic mass is 35.5. The Morgan fingerprint density at radius 2 is 1.76 bits per heavy atom. The van der Waals surface area contributed by atoms with Crippen molar-refractivity contribution in [2.45, 2.75) is 16.3 Å². The molecule has 0 unspecified atom stereocenters. The summed E-state index contributed by atoms with van der Waals surface area (Å²) < 4.78 is 13.5. The van der Waals surface area contributed by atoms with Crippen LogP contribution in [0.2, 0.25) is 10.0 Å². The van der Waals surface area contributed by atoms with Gasteiger partial charge in [-0.05, 0) is 50.0 Å². The Bertz CT molecular complexity index is 620. The maximum Gasteiger partial charge on any atom is 0.124 e. The normalized spacial score (nSPS) is 10.6. The van der Waals surface area contributed by atoms with Crippen molar-refractivity contribution in [1.29, 1.82) is 0 Å². The van der Waals surface area contributed by atoms with Crippen molar-refractivity contribution in [2.24, 2.45) is 0 Å². The molecule has 1 nitrogen and oxygen atoms in total. The van der Waals surface area contributed by atoms with Gasteiger partial charge < -0.3 is 17.3 Å². The average Bonchev–Trinajstić information content (AvgIpc) is 2.35. The van der Waals surface area contributed by atoms with Gasteiger partial charge in [0.1, 0.15) is 5.82 Å². The quantitative estimate of drug-likeness (QED) is 0.818. The second-order valence-electron chi connectivity index (χ2n) is 4.67. The van der Waals surface area contributed by atoms with E-state index in [0.29, 0.717) is 10.0 Å². The SMILES string of the molecule is CN(C)Cc1ccc(F)cc1Sc1ccc(Cl)cc1Cl.[Cl-]. The Morgan fingerprint density at radius 3 is 2.38 bits per heavy atom. The molecule has 0 saturated carbocycles. The molecule has 0 aliphatic rings. The minimum atomic E-state index is -0.250. The van der Waals surface area contributed by atoms with E-state index in [1.807, 2.05) is 31.1 Å². The molecule has 0 bridgehead atoms. The van der Waals surface area contributed by atoms with E-state index in [2.05, 4.69) is 0 Å². The Morgan fingerprint density at radius 1 is 1.05 bits per heavy atom. The van der Waals surface area contributed by atoms with Crippen LogP contribution in [-0.2, 0) is 6.54 Å². The molecule has 0 saturated heterocycles. The van der Waals surface area contributed by atoms with E-state index in [9.17, 15) is 4.39 Å². The largest absolute Gasteiger partial charge is 1.00 e. The first-order valence-corrected chi connectivity index (χ1v) is 7.59. The van der Waals surface area contributed by atoms with Crippen LogP contribution in [0.4, 0.5) is 4.39 Å². The Hall–Kier alpha value is -0.450. The van der Waals surface area contributed by atoms with Crippen molar-refractivity contribution in [1.82, 2.24) is 4.90 Å². The Kier molecular flexibility index (Phi) is 7.31. The van der Waals surface area contributed by atoms with Crippen LogP contribution in [-0.4, -0.2) is 19.0 Å². The molecule has 0 radical (unpaired) electrons. The first-order chi connectivity index (χ1) is 9.45. The standard InChI is InChI=1S/C15H14Cl2FNS.ClH/c1-19(2)9-10-3-5-12(18)8-15(10)20-14-6-4-11(16)7-13(14)17;/h3-8H,9H2,1-2H3;1H/p-1. The number of nitrogens with zero attached hydrogens (tertiary/aromatic N) is 1. The van der Waals surface area contributed by atoms with Gasteiger partial charge in [-0.25, -0.2) is 4.39 Å². The summed E-state index contributed by atoms with van der Waals surface area (Å²) in [7, 11) is 3.96. The van der Waals surface area contributed by atoms with Crippen molar-refractivity contribution in [3.05, 3.63) is 57.8 Å². The van der Waals surface area contributed by atoms with Gasteiger partial charge in [-0.15, -0.1) is 0 Å². The molecular formula is C15H14Cl3FNS-. The monoisotopic (exact) mass is 364 g/mol. The van der Waals surface area contributed by atoms with Gasteiger partial charge in [0.15, 0.2) is 0 Å². The summed E-state index contributed by atoms with van der Waals surface area (Å²) in [6, 6.07) is 10.1. The summed E-state index contributed by atoms with van der Waals surface area (Å²) in [5, 5.41) is 1.16. The highest BCUT2D eigenvalue weighted by molar-refractivity contribution is 7.99. The van der Waals surface area contributed by atoms with E-state index in [1.165, 1.54) is 23.9 Å². The van der Waals surface area contributed by atoms with E-state index < -0.39 is 0 Å². The maximum atomic E-state index is 13.5. The van der Waals surface area contributed by atoms with Gasteiger partial charge in [-0.1, -0.05) is 41.0 Å². The second-order valence-corrected chi connectivity index (χ2v) is 6.59. The zero-order valence-corrected chi connectivity index (χ0v) is 14.6. The van der Waals surface area contributed by atoms with Crippen LogP contribution in [0, 0.1) is 5.82 Å². The highest BCUT2D eigenvalue weighted by Crippen LogP contribution is 2.37. The van der Waals surface area contributed by atoms with Gasteiger partial charge in [0.2, 0.25) is 0 Å². The molecule has 0 atom stereocenters. The summed E-state index contributed by atoms with van der Waals surface area (Å²) in [6.07, 6.45) is 0. The van der Waals surface area contributed by atoms with Crippen molar-refractivity contribution < 1.29 is 16.8 Å². The summed E-state index contributed by atoms with van der Waals surface area (Å²) in [5.41, 5.74) is 1.06. The van der Waals surface area contributed by atoms with E-state index in [0.717, 1.165) is 21.9 Å². The van der Waals surface area contributed by atoms with Crippen molar-refractivity contribution in [3.63, 3.8) is 0 Å². The van der Waals surface area contributed by atoms with Crippen LogP contribution in [0.25, 0.3) is 0 Å². The third-order valence-corrected chi connectivity index (χ3v) is 4.47. The topological polar surface area (TPSA) is 3.24 Å². The Labute approximate surface area is 144 Å².